The Bertz CT molecular complexity index is 455. The van der Waals surface area contributed by atoms with Crippen molar-refractivity contribution in [2.45, 2.75) is 56.7 Å². The molecule has 0 spiro atoms. The second kappa shape index (κ2) is 11.3. The van der Waals surface area contributed by atoms with E-state index in [1.165, 1.54) is 19.3 Å². The van der Waals surface area contributed by atoms with Gasteiger partial charge in [0, 0.05) is 38.8 Å². The van der Waals surface area contributed by atoms with Gasteiger partial charge in [-0.2, -0.15) is 0 Å². The van der Waals surface area contributed by atoms with Crippen LogP contribution in [0, 0.1) is 0 Å². The number of nitrogens with one attached hydrogen (secondary N) is 2. The molecular weight excluding hydrogens is 379 g/mol. The monoisotopic (exact) mass is 410 g/mol. The largest absolute Gasteiger partial charge is 0.392 e. The lowest BCUT2D eigenvalue weighted by Gasteiger charge is -2.36. The molecule has 0 bridgehead atoms. The lowest BCUT2D eigenvalue weighted by Crippen LogP contribution is -2.54. The van der Waals surface area contributed by atoms with Crippen LogP contribution < -0.4 is 10.6 Å². The molecule has 0 aromatic heterocycles. The summed E-state index contributed by atoms with van der Waals surface area (Å²) in [6.45, 7) is 3.71. The number of carbonyl (C=O) groups is 2. The number of hydrogen-bond donors (Lipinski definition) is 3. The minimum absolute atomic E-state index is 0. The van der Waals surface area contributed by atoms with Crippen LogP contribution in [0.5, 0.6) is 0 Å². The fraction of sp³-hybridized carbons (Fsp3) is 0.882. The van der Waals surface area contributed by atoms with Gasteiger partial charge in [0.15, 0.2) is 0 Å². The van der Waals surface area contributed by atoms with E-state index in [-0.39, 0.29) is 42.7 Å². The maximum absolute atomic E-state index is 12.4. The van der Waals surface area contributed by atoms with Crippen molar-refractivity contribution in [2.75, 3.05) is 39.3 Å². The summed E-state index contributed by atoms with van der Waals surface area (Å²) >= 11 is 0. The lowest BCUT2D eigenvalue weighted by atomic mass is 9.95. The second-order valence-corrected chi connectivity index (χ2v) is 7.35. The minimum Gasteiger partial charge on any atom is -0.392 e. The van der Waals surface area contributed by atoms with Gasteiger partial charge in [0.2, 0.25) is 11.8 Å². The van der Waals surface area contributed by atoms with E-state index in [0.717, 1.165) is 25.9 Å². The van der Waals surface area contributed by atoms with Crippen molar-refractivity contribution in [3.63, 3.8) is 0 Å². The molecular formula is C17H32Cl2N4O3. The molecule has 2 amide bonds. The van der Waals surface area contributed by atoms with E-state index >= 15 is 0 Å². The Morgan fingerprint density at radius 3 is 2.27 bits per heavy atom. The standard InChI is InChI=1S/C17H30N4O3.2ClH/c22-14-10-15(18-11-14)17(24)21-8-6-20(7-9-21)12-16(23)19-13-4-2-1-3-5-13;;/h13-15,18,22H,1-12H2,(H,19,23);2*1H. The van der Waals surface area contributed by atoms with Crippen LogP contribution in [0.15, 0.2) is 0 Å². The average Bonchev–Trinajstić information content (AvgIpc) is 3.02. The Morgan fingerprint density at radius 1 is 1.04 bits per heavy atom. The summed E-state index contributed by atoms with van der Waals surface area (Å²) in [7, 11) is 0. The molecule has 1 saturated carbocycles. The first-order valence-corrected chi connectivity index (χ1v) is 9.34. The Hall–Kier alpha value is -0.600. The number of amides is 2. The highest BCUT2D eigenvalue weighted by Gasteiger charge is 2.33. The molecule has 0 aromatic carbocycles. The maximum atomic E-state index is 12.4. The van der Waals surface area contributed by atoms with Crippen molar-refractivity contribution in [2.24, 2.45) is 0 Å². The molecule has 3 aliphatic rings. The zero-order chi connectivity index (χ0) is 16.9. The van der Waals surface area contributed by atoms with Crippen molar-refractivity contribution >= 4 is 36.6 Å². The van der Waals surface area contributed by atoms with Crippen LogP contribution in [-0.2, 0) is 9.59 Å². The maximum Gasteiger partial charge on any atom is 0.239 e. The molecule has 0 aromatic rings. The highest BCUT2D eigenvalue weighted by Crippen LogP contribution is 2.17. The molecule has 1 aliphatic carbocycles. The van der Waals surface area contributed by atoms with Gasteiger partial charge in [0.1, 0.15) is 0 Å². The van der Waals surface area contributed by atoms with E-state index in [4.69, 9.17) is 0 Å². The highest BCUT2D eigenvalue weighted by atomic mass is 35.5. The number of aliphatic hydroxyl groups is 1. The highest BCUT2D eigenvalue weighted by molar-refractivity contribution is 5.85. The molecule has 152 valence electrons. The summed E-state index contributed by atoms with van der Waals surface area (Å²) in [5.41, 5.74) is 0. The number of carbonyl (C=O) groups excluding carboxylic acids is 2. The third-order valence-electron chi connectivity index (χ3n) is 5.43. The van der Waals surface area contributed by atoms with E-state index < -0.39 is 6.10 Å². The quantitative estimate of drug-likeness (QED) is 0.613. The van der Waals surface area contributed by atoms with Gasteiger partial charge in [0.05, 0.1) is 18.7 Å². The normalized spacial score (nSPS) is 27.3. The summed E-state index contributed by atoms with van der Waals surface area (Å²) in [6.07, 6.45) is 6.02. The molecule has 2 aliphatic heterocycles. The minimum atomic E-state index is -0.413. The fourth-order valence-corrected chi connectivity index (χ4v) is 3.98. The molecule has 26 heavy (non-hydrogen) atoms. The molecule has 3 rings (SSSR count). The summed E-state index contributed by atoms with van der Waals surface area (Å²) in [5.74, 6) is 0.195. The van der Waals surface area contributed by atoms with Gasteiger partial charge < -0.3 is 20.6 Å². The topological polar surface area (TPSA) is 84.9 Å². The summed E-state index contributed by atoms with van der Waals surface area (Å²) in [6, 6.07) is 0.107. The van der Waals surface area contributed by atoms with Crippen LogP contribution in [0.2, 0.25) is 0 Å². The van der Waals surface area contributed by atoms with Crippen molar-refractivity contribution in [1.29, 1.82) is 0 Å². The first kappa shape index (κ1) is 23.4. The third kappa shape index (κ3) is 6.53. The third-order valence-corrected chi connectivity index (χ3v) is 5.43. The van der Waals surface area contributed by atoms with E-state index in [9.17, 15) is 14.7 Å². The number of halogens is 2. The SMILES string of the molecule is Cl.Cl.O=C(CN1CCN(C(=O)C2CC(O)CN2)CC1)NC1CCCCC1. The van der Waals surface area contributed by atoms with Gasteiger partial charge in [-0.05, 0) is 19.3 Å². The van der Waals surface area contributed by atoms with E-state index in [1.54, 1.807) is 0 Å². The number of β-amino-alcohol motifs (C(OH)–C–C–N with tert-alkyl or cyclic N) is 1. The predicted molar refractivity (Wildman–Crippen MR) is 105 cm³/mol. The van der Waals surface area contributed by atoms with Crippen molar-refractivity contribution < 1.29 is 14.7 Å². The lowest BCUT2D eigenvalue weighted by molar-refractivity contribution is -0.135. The first-order chi connectivity index (χ1) is 11.6. The van der Waals surface area contributed by atoms with Crippen LogP contribution in [0.4, 0.5) is 0 Å². The Labute approximate surface area is 168 Å². The van der Waals surface area contributed by atoms with Gasteiger partial charge in [-0.1, -0.05) is 19.3 Å². The summed E-state index contributed by atoms with van der Waals surface area (Å²) < 4.78 is 0. The summed E-state index contributed by atoms with van der Waals surface area (Å²) in [5, 5.41) is 15.8. The molecule has 2 unspecified atom stereocenters. The van der Waals surface area contributed by atoms with Gasteiger partial charge in [-0.15, -0.1) is 24.8 Å². The van der Waals surface area contributed by atoms with E-state index in [1.807, 2.05) is 4.90 Å². The van der Waals surface area contributed by atoms with Crippen LogP contribution in [0.25, 0.3) is 0 Å². The second-order valence-electron chi connectivity index (χ2n) is 7.35. The zero-order valence-electron chi connectivity index (χ0n) is 15.2. The number of aliphatic hydroxyl groups excluding tert-OH is 1. The predicted octanol–water partition coefficient (Wildman–Crippen LogP) is 0.146. The molecule has 7 nitrogen and oxygen atoms in total. The zero-order valence-corrected chi connectivity index (χ0v) is 16.8. The molecule has 2 heterocycles. The van der Waals surface area contributed by atoms with Gasteiger partial charge >= 0.3 is 0 Å². The molecule has 2 saturated heterocycles. The first-order valence-electron chi connectivity index (χ1n) is 9.34. The molecule has 0 radical (unpaired) electrons. The van der Waals surface area contributed by atoms with Gasteiger partial charge in [-0.25, -0.2) is 0 Å². The van der Waals surface area contributed by atoms with Gasteiger partial charge in [0.25, 0.3) is 0 Å². The van der Waals surface area contributed by atoms with Gasteiger partial charge in [-0.3, -0.25) is 14.5 Å². The van der Waals surface area contributed by atoms with Crippen molar-refractivity contribution in [1.82, 2.24) is 20.4 Å². The number of hydrogen-bond acceptors (Lipinski definition) is 5. The van der Waals surface area contributed by atoms with E-state index in [0.29, 0.717) is 38.6 Å². The van der Waals surface area contributed by atoms with Crippen LogP contribution in [-0.4, -0.2) is 84.2 Å². The smallest absolute Gasteiger partial charge is 0.239 e. The molecule has 3 N–H and O–H groups in total. The number of piperazine rings is 1. The molecule has 9 heteroatoms. The van der Waals surface area contributed by atoms with Crippen molar-refractivity contribution in [3.05, 3.63) is 0 Å². The Kier molecular flexibility index (Phi) is 10.2. The van der Waals surface area contributed by atoms with Crippen LogP contribution in [0.1, 0.15) is 38.5 Å². The number of rotatable bonds is 4. The van der Waals surface area contributed by atoms with Crippen LogP contribution >= 0.6 is 24.8 Å². The van der Waals surface area contributed by atoms with Crippen molar-refractivity contribution in [3.8, 4) is 0 Å². The van der Waals surface area contributed by atoms with E-state index in [2.05, 4.69) is 15.5 Å². The average molecular weight is 411 g/mol. The molecule has 2 atom stereocenters. The molecule has 3 fully saturated rings. The van der Waals surface area contributed by atoms with Crippen LogP contribution in [0.3, 0.4) is 0 Å². The Morgan fingerprint density at radius 2 is 1.69 bits per heavy atom. The number of nitrogens with zero attached hydrogens (tertiary/aromatic N) is 2. The fourth-order valence-electron chi connectivity index (χ4n) is 3.98. The Balaban J connectivity index is 0.00000169. The summed E-state index contributed by atoms with van der Waals surface area (Å²) in [4.78, 5) is 28.5.